The van der Waals surface area contributed by atoms with Crippen molar-refractivity contribution in [1.29, 1.82) is 0 Å². The van der Waals surface area contributed by atoms with Crippen LogP contribution in [-0.4, -0.2) is 5.11 Å². The van der Waals surface area contributed by atoms with Crippen LogP contribution in [0.1, 0.15) is 52.0 Å². The molecule has 118 valence electrons. The first kappa shape index (κ1) is 16.6. The lowest BCUT2D eigenvalue weighted by atomic mass is 9.79. The topological polar surface area (TPSA) is 20.2 Å². The molecule has 0 saturated carbocycles. The highest BCUT2D eigenvalue weighted by atomic mass is 16.3. The number of benzene rings is 2. The van der Waals surface area contributed by atoms with Crippen molar-refractivity contribution < 1.29 is 5.11 Å². The van der Waals surface area contributed by atoms with Crippen molar-refractivity contribution in [3.8, 4) is 16.9 Å². The van der Waals surface area contributed by atoms with Crippen LogP contribution in [0.5, 0.6) is 5.75 Å². The minimum absolute atomic E-state index is 0.363. The highest BCUT2D eigenvalue weighted by molar-refractivity contribution is 5.70. The first-order chi connectivity index (χ1) is 10.5. The molecule has 0 radical (unpaired) electrons. The second kappa shape index (κ2) is 7.49. The Kier molecular flexibility index (Phi) is 5.65. The average Bonchev–Trinajstić information content (AvgIpc) is 2.53. The molecular weight excluding hydrogens is 268 g/mol. The van der Waals surface area contributed by atoms with Gasteiger partial charge in [-0.05, 0) is 47.4 Å². The third-order valence-corrected chi connectivity index (χ3v) is 4.59. The van der Waals surface area contributed by atoms with E-state index in [1.165, 1.54) is 18.4 Å². The molecule has 2 rings (SSSR count). The maximum Gasteiger partial charge on any atom is 0.123 e. The van der Waals surface area contributed by atoms with Crippen molar-refractivity contribution in [2.75, 3.05) is 0 Å². The summed E-state index contributed by atoms with van der Waals surface area (Å²) < 4.78 is 0. The monoisotopic (exact) mass is 296 g/mol. The van der Waals surface area contributed by atoms with Gasteiger partial charge in [0.25, 0.3) is 0 Å². The predicted molar refractivity (Wildman–Crippen MR) is 95.2 cm³/mol. The zero-order chi connectivity index (χ0) is 16.1. The molecule has 0 aromatic heterocycles. The summed E-state index contributed by atoms with van der Waals surface area (Å²) in [5.74, 6) is 2.24. The molecule has 1 heteroatoms. The summed E-state index contributed by atoms with van der Waals surface area (Å²) in [5, 5.41) is 10.2. The summed E-state index contributed by atoms with van der Waals surface area (Å²) in [6, 6.07) is 16.3. The normalized spacial score (nSPS) is 14.0. The smallest absolute Gasteiger partial charge is 0.123 e. The Hall–Kier alpha value is -1.76. The number of phenolic OH excluding ortho intramolecular Hbond substituents is 1. The lowest BCUT2D eigenvalue weighted by Crippen LogP contribution is -2.12. The van der Waals surface area contributed by atoms with Crippen molar-refractivity contribution >= 4 is 0 Å². The molecule has 2 aromatic carbocycles. The first-order valence-electron chi connectivity index (χ1n) is 8.41. The van der Waals surface area contributed by atoms with E-state index in [0.29, 0.717) is 23.5 Å². The summed E-state index contributed by atoms with van der Waals surface area (Å²) >= 11 is 0. The molecule has 0 aliphatic heterocycles. The Bertz CT molecular complexity index is 586. The number of hydrogen-bond acceptors (Lipinski definition) is 1. The van der Waals surface area contributed by atoms with Gasteiger partial charge in [0.2, 0.25) is 0 Å². The molecule has 22 heavy (non-hydrogen) atoms. The van der Waals surface area contributed by atoms with E-state index in [2.05, 4.69) is 52.0 Å². The lowest BCUT2D eigenvalue weighted by molar-refractivity contribution is 0.376. The zero-order valence-electron chi connectivity index (χ0n) is 14.2. The van der Waals surface area contributed by atoms with E-state index in [1.54, 1.807) is 0 Å². The highest BCUT2D eigenvalue weighted by Crippen LogP contribution is 2.37. The molecule has 0 aliphatic carbocycles. The van der Waals surface area contributed by atoms with Crippen LogP contribution in [0.2, 0.25) is 0 Å². The maximum absolute atomic E-state index is 10.2. The fourth-order valence-electron chi connectivity index (χ4n) is 3.12. The maximum atomic E-state index is 10.2. The summed E-state index contributed by atoms with van der Waals surface area (Å²) in [6.45, 7) is 9.17. The molecular formula is C21H28O. The molecule has 0 amide bonds. The van der Waals surface area contributed by atoms with E-state index >= 15 is 0 Å². The first-order valence-corrected chi connectivity index (χ1v) is 8.41. The quantitative estimate of drug-likeness (QED) is 0.669. The van der Waals surface area contributed by atoms with Crippen LogP contribution in [0.15, 0.2) is 48.5 Å². The van der Waals surface area contributed by atoms with Crippen molar-refractivity contribution in [3.63, 3.8) is 0 Å². The summed E-state index contributed by atoms with van der Waals surface area (Å²) in [6.07, 6.45) is 2.37. The van der Waals surface area contributed by atoms with E-state index in [4.69, 9.17) is 0 Å². The molecule has 2 atom stereocenters. The Labute approximate surface area is 135 Å². The van der Waals surface area contributed by atoms with Gasteiger partial charge in [-0.1, -0.05) is 70.5 Å². The third-order valence-electron chi connectivity index (χ3n) is 4.59. The fraction of sp³-hybridized carbons (Fsp3) is 0.429. The Morgan fingerprint density at radius 3 is 2.23 bits per heavy atom. The molecule has 0 heterocycles. The van der Waals surface area contributed by atoms with Crippen LogP contribution in [0.25, 0.3) is 11.1 Å². The minimum Gasteiger partial charge on any atom is -0.507 e. The molecule has 0 saturated heterocycles. The summed E-state index contributed by atoms with van der Waals surface area (Å²) in [5.41, 5.74) is 3.36. The molecule has 2 unspecified atom stereocenters. The molecule has 1 nitrogen and oxygen atoms in total. The highest BCUT2D eigenvalue weighted by Gasteiger charge is 2.20. The van der Waals surface area contributed by atoms with Gasteiger partial charge in [0, 0.05) is 5.56 Å². The standard InChI is InChI=1S/C21H28O/c1-5-16(4)19(13-15(2)3)18-11-12-21(22)20(14-18)17-9-7-6-8-10-17/h6-12,14-16,19,22H,5,13H2,1-4H3. The largest absolute Gasteiger partial charge is 0.507 e. The Balaban J connectivity index is 2.42. The van der Waals surface area contributed by atoms with Gasteiger partial charge < -0.3 is 5.11 Å². The zero-order valence-corrected chi connectivity index (χ0v) is 14.2. The number of aromatic hydroxyl groups is 1. The van der Waals surface area contributed by atoms with Crippen molar-refractivity contribution in [1.82, 2.24) is 0 Å². The van der Waals surface area contributed by atoms with Crippen LogP contribution in [-0.2, 0) is 0 Å². The van der Waals surface area contributed by atoms with Crippen LogP contribution in [0, 0.1) is 11.8 Å². The van der Waals surface area contributed by atoms with Gasteiger partial charge in [0.05, 0.1) is 0 Å². The van der Waals surface area contributed by atoms with Crippen LogP contribution < -0.4 is 0 Å². The molecule has 1 N–H and O–H groups in total. The van der Waals surface area contributed by atoms with Gasteiger partial charge in [-0.3, -0.25) is 0 Å². The number of phenols is 1. The molecule has 0 aliphatic rings. The third kappa shape index (κ3) is 3.91. The van der Waals surface area contributed by atoms with Crippen LogP contribution in [0.3, 0.4) is 0 Å². The SMILES string of the molecule is CCC(C)C(CC(C)C)c1ccc(O)c(-c2ccccc2)c1. The molecule has 0 fully saturated rings. The number of rotatable bonds is 6. The molecule has 2 aromatic rings. The molecule has 0 spiro atoms. The van der Waals surface area contributed by atoms with Crippen LogP contribution in [0.4, 0.5) is 0 Å². The van der Waals surface area contributed by atoms with Gasteiger partial charge >= 0.3 is 0 Å². The predicted octanol–water partition coefficient (Wildman–Crippen LogP) is 6.24. The van der Waals surface area contributed by atoms with E-state index in [0.717, 1.165) is 11.1 Å². The number of hydrogen-bond donors (Lipinski definition) is 1. The van der Waals surface area contributed by atoms with Gasteiger partial charge in [-0.15, -0.1) is 0 Å². The van der Waals surface area contributed by atoms with Crippen molar-refractivity contribution in [2.45, 2.75) is 46.5 Å². The second-order valence-corrected chi connectivity index (χ2v) is 6.76. The van der Waals surface area contributed by atoms with Gasteiger partial charge in [-0.2, -0.15) is 0 Å². The van der Waals surface area contributed by atoms with Gasteiger partial charge in [-0.25, -0.2) is 0 Å². The van der Waals surface area contributed by atoms with E-state index < -0.39 is 0 Å². The Morgan fingerprint density at radius 1 is 0.955 bits per heavy atom. The summed E-state index contributed by atoms with van der Waals surface area (Å²) in [4.78, 5) is 0. The van der Waals surface area contributed by atoms with Crippen molar-refractivity contribution in [3.05, 3.63) is 54.1 Å². The van der Waals surface area contributed by atoms with Crippen molar-refractivity contribution in [2.24, 2.45) is 11.8 Å². The molecule has 0 bridgehead atoms. The summed E-state index contributed by atoms with van der Waals surface area (Å²) in [7, 11) is 0. The second-order valence-electron chi connectivity index (χ2n) is 6.76. The lowest BCUT2D eigenvalue weighted by Gasteiger charge is -2.26. The van der Waals surface area contributed by atoms with Gasteiger partial charge in [0.15, 0.2) is 0 Å². The van der Waals surface area contributed by atoms with Crippen LogP contribution >= 0.6 is 0 Å². The minimum atomic E-state index is 0.363. The van der Waals surface area contributed by atoms with E-state index in [-0.39, 0.29) is 0 Å². The Morgan fingerprint density at radius 2 is 1.64 bits per heavy atom. The van der Waals surface area contributed by atoms with Gasteiger partial charge in [0.1, 0.15) is 5.75 Å². The van der Waals surface area contributed by atoms with E-state index in [9.17, 15) is 5.11 Å². The average molecular weight is 296 g/mol. The van der Waals surface area contributed by atoms with E-state index in [1.807, 2.05) is 24.3 Å². The fourth-order valence-corrected chi connectivity index (χ4v) is 3.12.